The highest BCUT2D eigenvalue weighted by atomic mass is 16.4. The second-order valence-electron chi connectivity index (χ2n) is 4.39. The van der Waals surface area contributed by atoms with E-state index in [9.17, 15) is 4.79 Å². The van der Waals surface area contributed by atoms with E-state index in [1.165, 1.54) is 5.56 Å². The van der Waals surface area contributed by atoms with Gasteiger partial charge in [0, 0.05) is 25.0 Å². The standard InChI is InChI=1S/C15H16N2O2/c1-11(13-6-8-16-9-7-13)17-10-12-2-4-14(5-3-12)15(18)19/h2-9,11,17H,10H2,1H3,(H,18,19)/t11-/m1/s1. The molecule has 0 saturated carbocycles. The molecule has 2 N–H and O–H groups in total. The third-order valence-electron chi connectivity index (χ3n) is 3.02. The highest BCUT2D eigenvalue weighted by Crippen LogP contribution is 2.12. The van der Waals surface area contributed by atoms with Gasteiger partial charge in [-0.1, -0.05) is 12.1 Å². The maximum atomic E-state index is 10.7. The topological polar surface area (TPSA) is 62.2 Å². The maximum absolute atomic E-state index is 10.7. The van der Waals surface area contributed by atoms with Gasteiger partial charge >= 0.3 is 5.97 Å². The van der Waals surface area contributed by atoms with Crippen LogP contribution in [-0.2, 0) is 6.54 Å². The molecule has 0 aliphatic rings. The second kappa shape index (κ2) is 6.11. The number of benzene rings is 1. The molecule has 2 aromatic rings. The molecule has 0 aliphatic carbocycles. The molecular weight excluding hydrogens is 240 g/mol. The Morgan fingerprint density at radius 2 is 1.84 bits per heavy atom. The van der Waals surface area contributed by atoms with Crippen molar-refractivity contribution in [1.82, 2.24) is 10.3 Å². The maximum Gasteiger partial charge on any atom is 0.335 e. The smallest absolute Gasteiger partial charge is 0.335 e. The first-order chi connectivity index (χ1) is 9.16. The second-order valence-corrected chi connectivity index (χ2v) is 4.39. The van der Waals surface area contributed by atoms with Crippen LogP contribution in [0.3, 0.4) is 0 Å². The molecule has 1 aromatic heterocycles. The van der Waals surface area contributed by atoms with Crippen molar-refractivity contribution in [3.63, 3.8) is 0 Å². The van der Waals surface area contributed by atoms with Crippen molar-refractivity contribution < 1.29 is 9.90 Å². The van der Waals surface area contributed by atoms with Crippen molar-refractivity contribution >= 4 is 5.97 Å². The molecule has 1 atom stereocenters. The first-order valence-electron chi connectivity index (χ1n) is 6.12. The molecule has 2 rings (SSSR count). The van der Waals surface area contributed by atoms with Crippen LogP contribution in [0, 0.1) is 0 Å². The molecule has 0 bridgehead atoms. The third-order valence-corrected chi connectivity index (χ3v) is 3.02. The lowest BCUT2D eigenvalue weighted by Crippen LogP contribution is -2.18. The van der Waals surface area contributed by atoms with Crippen LogP contribution in [0.15, 0.2) is 48.8 Å². The number of carboxylic acid groups (broad SMARTS) is 1. The van der Waals surface area contributed by atoms with E-state index in [-0.39, 0.29) is 6.04 Å². The van der Waals surface area contributed by atoms with E-state index in [1.54, 1.807) is 24.5 Å². The van der Waals surface area contributed by atoms with Crippen LogP contribution >= 0.6 is 0 Å². The fraction of sp³-hybridized carbons (Fsp3) is 0.200. The lowest BCUT2D eigenvalue weighted by Gasteiger charge is -2.14. The summed E-state index contributed by atoms with van der Waals surface area (Å²) in [6.07, 6.45) is 3.55. The Labute approximate surface area is 112 Å². The largest absolute Gasteiger partial charge is 0.478 e. The first-order valence-corrected chi connectivity index (χ1v) is 6.12. The van der Waals surface area contributed by atoms with E-state index >= 15 is 0 Å². The lowest BCUT2D eigenvalue weighted by molar-refractivity contribution is 0.0697. The molecule has 0 saturated heterocycles. The predicted molar refractivity (Wildman–Crippen MR) is 72.9 cm³/mol. The minimum atomic E-state index is -0.898. The molecule has 98 valence electrons. The number of aromatic nitrogens is 1. The molecule has 0 radical (unpaired) electrons. The van der Waals surface area contributed by atoms with Gasteiger partial charge in [0.1, 0.15) is 0 Å². The van der Waals surface area contributed by atoms with E-state index in [2.05, 4.69) is 17.2 Å². The van der Waals surface area contributed by atoms with Gasteiger partial charge < -0.3 is 10.4 Å². The van der Waals surface area contributed by atoms with Gasteiger partial charge in [-0.3, -0.25) is 4.98 Å². The summed E-state index contributed by atoms with van der Waals surface area (Å²) in [5, 5.41) is 12.2. The van der Waals surface area contributed by atoms with Crippen molar-refractivity contribution in [2.75, 3.05) is 0 Å². The predicted octanol–water partition coefficient (Wildman–Crippen LogP) is 2.63. The van der Waals surface area contributed by atoms with E-state index < -0.39 is 5.97 Å². The number of hydrogen-bond acceptors (Lipinski definition) is 3. The number of nitrogens with one attached hydrogen (secondary N) is 1. The van der Waals surface area contributed by atoms with Crippen molar-refractivity contribution in [3.05, 3.63) is 65.5 Å². The zero-order valence-electron chi connectivity index (χ0n) is 10.7. The van der Waals surface area contributed by atoms with Crippen LogP contribution in [0.5, 0.6) is 0 Å². The summed E-state index contributed by atoms with van der Waals surface area (Å²) in [6.45, 7) is 2.78. The van der Waals surface area contributed by atoms with Gasteiger partial charge in [-0.2, -0.15) is 0 Å². The number of nitrogens with zero attached hydrogens (tertiary/aromatic N) is 1. The molecule has 0 fully saturated rings. The minimum absolute atomic E-state index is 0.224. The van der Waals surface area contributed by atoms with Gasteiger partial charge in [-0.05, 0) is 42.3 Å². The van der Waals surface area contributed by atoms with Gasteiger partial charge in [0.05, 0.1) is 5.56 Å². The molecule has 19 heavy (non-hydrogen) atoms. The number of carboxylic acids is 1. The zero-order valence-corrected chi connectivity index (χ0v) is 10.7. The Morgan fingerprint density at radius 3 is 2.42 bits per heavy atom. The molecule has 4 nitrogen and oxygen atoms in total. The van der Waals surface area contributed by atoms with Crippen LogP contribution in [-0.4, -0.2) is 16.1 Å². The first kappa shape index (κ1) is 13.2. The Hall–Kier alpha value is -2.20. The highest BCUT2D eigenvalue weighted by Gasteiger charge is 2.05. The number of pyridine rings is 1. The van der Waals surface area contributed by atoms with Crippen LogP contribution in [0.1, 0.15) is 34.5 Å². The van der Waals surface area contributed by atoms with Gasteiger partial charge in [-0.25, -0.2) is 4.79 Å². The summed E-state index contributed by atoms with van der Waals surface area (Å²) >= 11 is 0. The summed E-state index contributed by atoms with van der Waals surface area (Å²) in [5.74, 6) is -0.898. The summed E-state index contributed by atoms with van der Waals surface area (Å²) < 4.78 is 0. The molecule has 4 heteroatoms. The molecule has 0 amide bonds. The number of hydrogen-bond donors (Lipinski definition) is 2. The molecular formula is C15H16N2O2. The average Bonchev–Trinajstić information content (AvgIpc) is 2.46. The van der Waals surface area contributed by atoms with Gasteiger partial charge in [-0.15, -0.1) is 0 Å². The molecule has 1 aromatic carbocycles. The third kappa shape index (κ3) is 3.63. The van der Waals surface area contributed by atoms with Crippen LogP contribution in [0.4, 0.5) is 0 Å². The van der Waals surface area contributed by atoms with Gasteiger partial charge in [0.2, 0.25) is 0 Å². The Balaban J connectivity index is 1.93. The van der Waals surface area contributed by atoms with E-state index in [1.807, 2.05) is 24.3 Å². The molecule has 0 spiro atoms. The normalized spacial score (nSPS) is 12.1. The van der Waals surface area contributed by atoms with Crippen molar-refractivity contribution in [2.24, 2.45) is 0 Å². The zero-order chi connectivity index (χ0) is 13.7. The summed E-state index contributed by atoms with van der Waals surface area (Å²) in [7, 11) is 0. The fourth-order valence-electron chi connectivity index (χ4n) is 1.81. The molecule has 1 heterocycles. The van der Waals surface area contributed by atoms with Gasteiger partial charge in [0.15, 0.2) is 0 Å². The van der Waals surface area contributed by atoms with Crippen molar-refractivity contribution in [3.8, 4) is 0 Å². The fourth-order valence-corrected chi connectivity index (χ4v) is 1.81. The van der Waals surface area contributed by atoms with Crippen molar-refractivity contribution in [1.29, 1.82) is 0 Å². The lowest BCUT2D eigenvalue weighted by atomic mass is 10.1. The van der Waals surface area contributed by atoms with Gasteiger partial charge in [0.25, 0.3) is 0 Å². The Morgan fingerprint density at radius 1 is 1.21 bits per heavy atom. The molecule has 0 aliphatic heterocycles. The Bertz CT molecular complexity index is 538. The summed E-state index contributed by atoms with van der Waals surface area (Å²) in [6, 6.07) is 11.1. The highest BCUT2D eigenvalue weighted by molar-refractivity contribution is 5.87. The van der Waals surface area contributed by atoms with Crippen LogP contribution in [0.25, 0.3) is 0 Å². The summed E-state index contributed by atoms with van der Waals surface area (Å²) in [4.78, 5) is 14.7. The van der Waals surface area contributed by atoms with E-state index in [0.29, 0.717) is 12.1 Å². The molecule has 0 unspecified atom stereocenters. The Kier molecular flexibility index (Phi) is 4.26. The average molecular weight is 256 g/mol. The van der Waals surface area contributed by atoms with Crippen molar-refractivity contribution in [2.45, 2.75) is 19.5 Å². The number of aromatic carboxylic acids is 1. The summed E-state index contributed by atoms with van der Waals surface area (Å²) in [5.41, 5.74) is 2.55. The van der Waals surface area contributed by atoms with E-state index in [0.717, 1.165) is 5.56 Å². The van der Waals surface area contributed by atoms with Crippen LogP contribution in [0.2, 0.25) is 0 Å². The monoisotopic (exact) mass is 256 g/mol. The number of rotatable bonds is 5. The quantitative estimate of drug-likeness (QED) is 0.863. The number of carbonyl (C=O) groups is 1. The SMILES string of the molecule is C[C@@H](NCc1ccc(C(=O)O)cc1)c1ccncc1. The van der Waals surface area contributed by atoms with Crippen LogP contribution < -0.4 is 5.32 Å². The minimum Gasteiger partial charge on any atom is -0.478 e. The van der Waals surface area contributed by atoms with E-state index in [4.69, 9.17) is 5.11 Å².